The van der Waals surface area contributed by atoms with Crippen LogP contribution in [-0.4, -0.2) is 47.3 Å². The minimum absolute atomic E-state index is 0.0220. The summed E-state index contributed by atoms with van der Waals surface area (Å²) in [6, 6.07) is 3.62. The molecule has 0 spiro atoms. The molecule has 2 rings (SSSR count). The second kappa shape index (κ2) is 9.38. The van der Waals surface area contributed by atoms with E-state index >= 15 is 0 Å². The fraction of sp³-hybridized carbons (Fsp3) is 0.500. The molecule has 0 saturated carbocycles. The summed E-state index contributed by atoms with van der Waals surface area (Å²) in [5.74, 6) is -1.19. The highest BCUT2D eigenvalue weighted by Gasteiger charge is 2.34. The lowest BCUT2D eigenvalue weighted by molar-refractivity contribution is -0.115. The number of amides is 3. The second-order valence-electron chi connectivity index (χ2n) is 9.14. The monoisotopic (exact) mass is 498 g/mol. The van der Waals surface area contributed by atoms with E-state index in [2.05, 4.69) is 15.9 Å². The van der Waals surface area contributed by atoms with Crippen molar-refractivity contribution < 1.29 is 28.2 Å². The van der Waals surface area contributed by atoms with Crippen molar-refractivity contribution >= 4 is 39.7 Å². The Labute approximate surface area is 190 Å². The SMILES string of the molecule is CC(C)(C)OC(=O)N1CCC=C(C(=O)N(C(=O)OC(C)(C)C)c2ccc(F)cc2Br)C1. The van der Waals surface area contributed by atoms with Gasteiger partial charge in [-0.1, -0.05) is 6.08 Å². The summed E-state index contributed by atoms with van der Waals surface area (Å²) in [4.78, 5) is 41.0. The molecule has 0 unspecified atom stereocenters. The molecule has 0 radical (unpaired) electrons. The highest BCUT2D eigenvalue weighted by Crippen LogP contribution is 2.30. The first-order chi connectivity index (χ1) is 14.2. The lowest BCUT2D eigenvalue weighted by Gasteiger charge is -2.32. The van der Waals surface area contributed by atoms with E-state index in [1.54, 1.807) is 47.6 Å². The average Bonchev–Trinajstić information content (AvgIpc) is 2.61. The largest absolute Gasteiger partial charge is 0.444 e. The van der Waals surface area contributed by atoms with Crippen LogP contribution in [-0.2, 0) is 14.3 Å². The van der Waals surface area contributed by atoms with E-state index in [1.807, 2.05) is 0 Å². The number of carbonyl (C=O) groups is 3. The smallest absolute Gasteiger partial charge is 0.422 e. The molecule has 170 valence electrons. The van der Waals surface area contributed by atoms with E-state index in [4.69, 9.17) is 9.47 Å². The van der Waals surface area contributed by atoms with Gasteiger partial charge in [-0.15, -0.1) is 0 Å². The first kappa shape index (κ1) is 24.8. The quantitative estimate of drug-likeness (QED) is 0.543. The van der Waals surface area contributed by atoms with Crippen molar-refractivity contribution in [3.05, 3.63) is 40.1 Å². The van der Waals surface area contributed by atoms with Gasteiger partial charge in [0.1, 0.15) is 17.0 Å². The van der Waals surface area contributed by atoms with Crippen LogP contribution in [0.1, 0.15) is 48.0 Å². The van der Waals surface area contributed by atoms with Crippen LogP contribution < -0.4 is 4.90 Å². The van der Waals surface area contributed by atoms with Crippen molar-refractivity contribution in [1.82, 2.24) is 4.90 Å². The Morgan fingerprint density at radius 3 is 2.23 bits per heavy atom. The molecule has 0 fully saturated rings. The van der Waals surface area contributed by atoms with Crippen LogP contribution in [0.4, 0.5) is 19.7 Å². The molecule has 7 nitrogen and oxygen atoms in total. The highest BCUT2D eigenvalue weighted by molar-refractivity contribution is 9.10. The first-order valence-corrected chi connectivity index (χ1v) is 10.7. The zero-order chi connectivity index (χ0) is 23.6. The second-order valence-corrected chi connectivity index (χ2v) is 9.99. The zero-order valence-electron chi connectivity index (χ0n) is 18.6. The fourth-order valence-corrected chi connectivity index (χ4v) is 3.31. The summed E-state index contributed by atoms with van der Waals surface area (Å²) in [6.45, 7) is 10.7. The van der Waals surface area contributed by atoms with Crippen LogP contribution in [0, 0.1) is 5.82 Å². The molecule has 3 amide bonds. The summed E-state index contributed by atoms with van der Waals surface area (Å²) in [5, 5.41) is 0. The summed E-state index contributed by atoms with van der Waals surface area (Å²) >= 11 is 3.21. The van der Waals surface area contributed by atoms with Gasteiger partial charge >= 0.3 is 12.2 Å². The number of rotatable bonds is 2. The number of hydrogen-bond acceptors (Lipinski definition) is 5. The molecule has 1 aromatic carbocycles. The summed E-state index contributed by atoms with van der Waals surface area (Å²) in [7, 11) is 0. The summed E-state index contributed by atoms with van der Waals surface area (Å²) in [6.07, 6.45) is 0.656. The maximum absolute atomic E-state index is 13.6. The van der Waals surface area contributed by atoms with Crippen molar-refractivity contribution in [2.45, 2.75) is 59.2 Å². The predicted octanol–water partition coefficient (Wildman–Crippen LogP) is 5.42. The molecule has 0 N–H and O–H groups in total. The Morgan fingerprint density at radius 1 is 1.06 bits per heavy atom. The number of benzene rings is 1. The third kappa shape index (κ3) is 7.05. The number of carbonyl (C=O) groups excluding carboxylic acids is 3. The maximum Gasteiger partial charge on any atom is 0.422 e. The van der Waals surface area contributed by atoms with Gasteiger partial charge in [0.15, 0.2) is 0 Å². The molecule has 31 heavy (non-hydrogen) atoms. The number of ether oxygens (including phenoxy) is 2. The van der Waals surface area contributed by atoms with E-state index in [9.17, 15) is 18.8 Å². The topological polar surface area (TPSA) is 76.2 Å². The number of anilines is 1. The molecule has 0 aliphatic carbocycles. The molecule has 0 atom stereocenters. The molecule has 1 heterocycles. The average molecular weight is 499 g/mol. The van der Waals surface area contributed by atoms with E-state index in [0.717, 1.165) is 17.0 Å². The Bertz CT molecular complexity index is 902. The van der Waals surface area contributed by atoms with E-state index in [0.29, 0.717) is 13.0 Å². The number of nitrogens with zero attached hydrogens (tertiary/aromatic N) is 2. The van der Waals surface area contributed by atoms with E-state index in [1.165, 1.54) is 11.0 Å². The van der Waals surface area contributed by atoms with Crippen LogP contribution in [0.2, 0.25) is 0 Å². The molecule has 0 aromatic heterocycles. The number of hydrogen-bond donors (Lipinski definition) is 0. The van der Waals surface area contributed by atoms with Crippen LogP contribution in [0.15, 0.2) is 34.3 Å². The number of halogens is 2. The molecule has 1 aromatic rings. The standard InChI is InChI=1S/C22H28BrFN2O5/c1-21(2,3)30-19(28)25-11-7-8-14(13-25)18(27)26(20(29)31-22(4,5)6)17-10-9-15(24)12-16(17)23/h8-10,12H,7,11,13H2,1-6H3. The lowest BCUT2D eigenvalue weighted by Crippen LogP contribution is -2.46. The summed E-state index contributed by atoms with van der Waals surface area (Å²) < 4.78 is 24.6. The molecular weight excluding hydrogens is 471 g/mol. The normalized spacial score (nSPS) is 14.6. The molecule has 1 aliphatic heterocycles. The molecular formula is C22H28BrFN2O5. The van der Waals surface area contributed by atoms with Gasteiger partial charge in [0.05, 0.1) is 12.2 Å². The minimum atomic E-state index is -0.903. The van der Waals surface area contributed by atoms with Crippen molar-refractivity contribution in [2.75, 3.05) is 18.0 Å². The zero-order valence-corrected chi connectivity index (χ0v) is 20.2. The van der Waals surface area contributed by atoms with Gasteiger partial charge in [-0.2, -0.15) is 0 Å². The van der Waals surface area contributed by atoms with E-state index < -0.39 is 35.1 Å². The van der Waals surface area contributed by atoms with Crippen molar-refractivity contribution in [3.8, 4) is 0 Å². The molecule has 9 heteroatoms. The molecule has 0 bridgehead atoms. The Kier molecular flexibility index (Phi) is 7.52. The van der Waals surface area contributed by atoms with Crippen molar-refractivity contribution in [3.63, 3.8) is 0 Å². The molecule has 1 aliphatic rings. The highest BCUT2D eigenvalue weighted by atomic mass is 79.9. The Hall–Kier alpha value is -2.42. The van der Waals surface area contributed by atoms with Gasteiger partial charge in [-0.3, -0.25) is 4.79 Å². The first-order valence-electron chi connectivity index (χ1n) is 9.87. The Balaban J connectivity index is 2.35. The van der Waals surface area contributed by atoms with Gasteiger partial charge < -0.3 is 14.4 Å². The van der Waals surface area contributed by atoms with Crippen molar-refractivity contribution in [2.24, 2.45) is 0 Å². The fourth-order valence-electron chi connectivity index (χ4n) is 2.79. The maximum atomic E-state index is 13.6. The van der Waals surface area contributed by atoms with Crippen LogP contribution in [0.5, 0.6) is 0 Å². The lowest BCUT2D eigenvalue weighted by atomic mass is 10.1. The third-order valence-electron chi connectivity index (χ3n) is 4.01. The van der Waals surface area contributed by atoms with Gasteiger partial charge in [-0.25, -0.2) is 18.9 Å². The molecule has 0 saturated heterocycles. The van der Waals surface area contributed by atoms with Crippen LogP contribution in [0.25, 0.3) is 0 Å². The predicted molar refractivity (Wildman–Crippen MR) is 118 cm³/mol. The van der Waals surface area contributed by atoms with Crippen LogP contribution in [0.3, 0.4) is 0 Å². The summed E-state index contributed by atoms with van der Waals surface area (Å²) in [5.41, 5.74) is -1.16. The third-order valence-corrected chi connectivity index (χ3v) is 4.64. The number of imide groups is 1. The van der Waals surface area contributed by atoms with Crippen molar-refractivity contribution in [1.29, 1.82) is 0 Å². The Morgan fingerprint density at radius 2 is 1.68 bits per heavy atom. The van der Waals surface area contributed by atoms with Gasteiger partial charge in [0, 0.05) is 16.6 Å². The van der Waals surface area contributed by atoms with E-state index in [-0.39, 0.29) is 22.3 Å². The van der Waals surface area contributed by atoms with Crippen LogP contribution >= 0.6 is 15.9 Å². The van der Waals surface area contributed by atoms with Gasteiger partial charge in [-0.05, 0) is 82.1 Å². The van der Waals surface area contributed by atoms with Gasteiger partial charge in [0.2, 0.25) is 0 Å². The minimum Gasteiger partial charge on any atom is -0.444 e. The van der Waals surface area contributed by atoms with Gasteiger partial charge in [0.25, 0.3) is 5.91 Å².